The van der Waals surface area contributed by atoms with Gasteiger partial charge in [0.05, 0.1) is 11.5 Å². The van der Waals surface area contributed by atoms with Crippen LogP contribution in [0.2, 0.25) is 0 Å². The number of anilines is 2. The molecule has 0 saturated carbocycles. The van der Waals surface area contributed by atoms with E-state index in [1.54, 1.807) is 12.1 Å². The van der Waals surface area contributed by atoms with Gasteiger partial charge >= 0.3 is 0 Å². The average molecular weight is 315 g/mol. The number of amides is 1. The zero-order chi connectivity index (χ0) is 16.8. The standard InChI is InChI=1S/C16H17N3O4/c1-11-2-5-13(6-3-11)18-16(21)12-4-7-14(17-8-9-20)15(10-12)19(22)23/h2-7,10,17,20H,8-9H2,1H3,(H,18,21). The Kier molecular flexibility index (Phi) is 5.27. The van der Waals surface area contributed by atoms with E-state index in [0.29, 0.717) is 5.69 Å². The van der Waals surface area contributed by atoms with Crippen molar-refractivity contribution in [1.29, 1.82) is 0 Å². The van der Waals surface area contributed by atoms with Crippen molar-refractivity contribution in [3.63, 3.8) is 0 Å². The Balaban J connectivity index is 2.21. The van der Waals surface area contributed by atoms with Crippen LogP contribution in [0.15, 0.2) is 42.5 Å². The van der Waals surface area contributed by atoms with Gasteiger partial charge in [-0.05, 0) is 31.2 Å². The van der Waals surface area contributed by atoms with Crippen molar-refractivity contribution < 1.29 is 14.8 Å². The summed E-state index contributed by atoms with van der Waals surface area (Å²) in [6.45, 7) is 1.98. The molecule has 0 bridgehead atoms. The predicted octanol–water partition coefficient (Wildman–Crippen LogP) is 2.56. The van der Waals surface area contributed by atoms with Gasteiger partial charge in [0.25, 0.3) is 11.6 Å². The molecule has 2 rings (SSSR count). The monoisotopic (exact) mass is 315 g/mol. The van der Waals surface area contributed by atoms with Crippen molar-refractivity contribution in [1.82, 2.24) is 0 Å². The molecule has 120 valence electrons. The number of hydrogen-bond acceptors (Lipinski definition) is 5. The third-order valence-electron chi connectivity index (χ3n) is 3.19. The maximum absolute atomic E-state index is 12.2. The number of carbonyl (C=O) groups is 1. The van der Waals surface area contributed by atoms with E-state index < -0.39 is 10.8 Å². The minimum absolute atomic E-state index is 0.146. The maximum atomic E-state index is 12.2. The van der Waals surface area contributed by atoms with Crippen LogP contribution < -0.4 is 10.6 Å². The van der Waals surface area contributed by atoms with Crippen molar-refractivity contribution >= 4 is 23.0 Å². The number of carbonyl (C=O) groups excluding carboxylic acids is 1. The van der Waals surface area contributed by atoms with Crippen LogP contribution in [0.5, 0.6) is 0 Å². The van der Waals surface area contributed by atoms with Gasteiger partial charge in [-0.2, -0.15) is 0 Å². The second kappa shape index (κ2) is 7.37. The van der Waals surface area contributed by atoms with Gasteiger partial charge < -0.3 is 15.7 Å². The molecular weight excluding hydrogens is 298 g/mol. The number of benzene rings is 2. The molecule has 0 atom stereocenters. The third kappa shape index (κ3) is 4.27. The largest absolute Gasteiger partial charge is 0.395 e. The van der Waals surface area contributed by atoms with Gasteiger partial charge in [-0.3, -0.25) is 14.9 Å². The first-order valence-corrected chi connectivity index (χ1v) is 7.02. The van der Waals surface area contributed by atoms with Crippen LogP contribution in [-0.2, 0) is 0 Å². The average Bonchev–Trinajstić information content (AvgIpc) is 2.54. The number of nitro benzene ring substituents is 1. The van der Waals surface area contributed by atoms with E-state index in [1.807, 2.05) is 19.1 Å². The topological polar surface area (TPSA) is 104 Å². The molecule has 7 nitrogen and oxygen atoms in total. The first-order chi connectivity index (χ1) is 11.0. The maximum Gasteiger partial charge on any atom is 0.293 e. The summed E-state index contributed by atoms with van der Waals surface area (Å²) in [5.74, 6) is -0.425. The SMILES string of the molecule is Cc1ccc(NC(=O)c2ccc(NCCO)c([N+](=O)[O-])c2)cc1. The highest BCUT2D eigenvalue weighted by Gasteiger charge is 2.17. The molecule has 23 heavy (non-hydrogen) atoms. The summed E-state index contributed by atoms with van der Waals surface area (Å²) < 4.78 is 0. The Hall–Kier alpha value is -2.93. The number of nitrogens with zero attached hydrogens (tertiary/aromatic N) is 1. The fourth-order valence-electron chi connectivity index (χ4n) is 2.00. The van der Waals surface area contributed by atoms with Gasteiger partial charge in [0.1, 0.15) is 5.69 Å². The molecule has 7 heteroatoms. The van der Waals surface area contributed by atoms with Crippen LogP contribution in [0.1, 0.15) is 15.9 Å². The summed E-state index contributed by atoms with van der Waals surface area (Å²) in [7, 11) is 0. The van der Waals surface area contributed by atoms with Crippen molar-refractivity contribution in [3.05, 3.63) is 63.7 Å². The highest BCUT2D eigenvalue weighted by atomic mass is 16.6. The van der Waals surface area contributed by atoms with E-state index in [0.717, 1.165) is 5.56 Å². The van der Waals surface area contributed by atoms with Crippen molar-refractivity contribution in [2.75, 3.05) is 23.8 Å². The first kappa shape index (κ1) is 16.4. The number of nitro groups is 1. The van der Waals surface area contributed by atoms with Crippen molar-refractivity contribution in [2.24, 2.45) is 0 Å². The quantitative estimate of drug-likeness (QED) is 0.561. The Morgan fingerprint density at radius 3 is 2.52 bits per heavy atom. The second-order valence-electron chi connectivity index (χ2n) is 4.96. The molecule has 0 aromatic heterocycles. The lowest BCUT2D eigenvalue weighted by atomic mass is 10.1. The molecule has 0 unspecified atom stereocenters. The van der Waals surface area contributed by atoms with E-state index in [-0.39, 0.29) is 30.1 Å². The lowest BCUT2D eigenvalue weighted by Gasteiger charge is -2.08. The zero-order valence-electron chi connectivity index (χ0n) is 12.6. The van der Waals surface area contributed by atoms with E-state index in [2.05, 4.69) is 10.6 Å². The molecule has 0 heterocycles. The summed E-state index contributed by atoms with van der Waals surface area (Å²) in [6, 6.07) is 11.4. The normalized spacial score (nSPS) is 10.2. The fourth-order valence-corrected chi connectivity index (χ4v) is 2.00. The highest BCUT2D eigenvalue weighted by Crippen LogP contribution is 2.26. The van der Waals surface area contributed by atoms with E-state index in [1.165, 1.54) is 18.2 Å². The highest BCUT2D eigenvalue weighted by molar-refractivity contribution is 6.05. The molecule has 0 radical (unpaired) electrons. The molecule has 2 aromatic carbocycles. The van der Waals surface area contributed by atoms with Crippen molar-refractivity contribution in [2.45, 2.75) is 6.92 Å². The summed E-state index contributed by atoms with van der Waals surface area (Å²) in [4.78, 5) is 22.8. The molecule has 0 saturated heterocycles. The number of rotatable bonds is 6. The van der Waals surface area contributed by atoms with Gasteiger partial charge in [-0.25, -0.2) is 0 Å². The molecular formula is C16H17N3O4. The van der Waals surface area contributed by atoms with Crippen LogP contribution >= 0.6 is 0 Å². The molecule has 1 amide bonds. The molecule has 0 aliphatic heterocycles. The predicted molar refractivity (Wildman–Crippen MR) is 87.8 cm³/mol. The summed E-state index contributed by atoms with van der Waals surface area (Å²) >= 11 is 0. The van der Waals surface area contributed by atoms with Crippen LogP contribution in [0, 0.1) is 17.0 Å². The molecule has 0 aliphatic carbocycles. The second-order valence-corrected chi connectivity index (χ2v) is 4.96. The zero-order valence-corrected chi connectivity index (χ0v) is 12.6. The summed E-state index contributed by atoms with van der Waals surface area (Å²) in [5, 5.41) is 25.3. The van der Waals surface area contributed by atoms with E-state index in [4.69, 9.17) is 5.11 Å². The number of nitrogens with one attached hydrogen (secondary N) is 2. The smallest absolute Gasteiger partial charge is 0.293 e. The summed E-state index contributed by atoms with van der Waals surface area (Å²) in [5.41, 5.74) is 1.92. The van der Waals surface area contributed by atoms with Gasteiger partial charge in [0.2, 0.25) is 0 Å². The van der Waals surface area contributed by atoms with Gasteiger partial charge in [0, 0.05) is 23.9 Å². The lowest BCUT2D eigenvalue weighted by Crippen LogP contribution is -2.13. The Labute approximate surface area is 133 Å². The van der Waals surface area contributed by atoms with Gasteiger partial charge in [-0.1, -0.05) is 17.7 Å². The summed E-state index contributed by atoms with van der Waals surface area (Å²) in [6.07, 6.45) is 0. The Bertz CT molecular complexity index is 714. The molecule has 2 aromatic rings. The third-order valence-corrected chi connectivity index (χ3v) is 3.19. The van der Waals surface area contributed by atoms with Gasteiger partial charge in [0.15, 0.2) is 0 Å². The minimum atomic E-state index is -0.567. The number of aryl methyl sites for hydroxylation is 1. The molecule has 0 fully saturated rings. The van der Waals surface area contributed by atoms with Crippen molar-refractivity contribution in [3.8, 4) is 0 Å². The number of aliphatic hydroxyl groups is 1. The fraction of sp³-hybridized carbons (Fsp3) is 0.188. The molecule has 3 N–H and O–H groups in total. The Morgan fingerprint density at radius 2 is 1.91 bits per heavy atom. The van der Waals surface area contributed by atoms with Crippen LogP contribution in [0.25, 0.3) is 0 Å². The van der Waals surface area contributed by atoms with Crippen LogP contribution in [0.3, 0.4) is 0 Å². The minimum Gasteiger partial charge on any atom is -0.395 e. The van der Waals surface area contributed by atoms with E-state index >= 15 is 0 Å². The van der Waals surface area contributed by atoms with Gasteiger partial charge in [-0.15, -0.1) is 0 Å². The van der Waals surface area contributed by atoms with Crippen LogP contribution in [-0.4, -0.2) is 29.1 Å². The molecule has 0 aliphatic rings. The lowest BCUT2D eigenvalue weighted by molar-refractivity contribution is -0.384. The Morgan fingerprint density at radius 1 is 1.22 bits per heavy atom. The number of hydrogen-bond donors (Lipinski definition) is 3. The van der Waals surface area contributed by atoms with E-state index in [9.17, 15) is 14.9 Å². The number of aliphatic hydroxyl groups excluding tert-OH is 1. The van der Waals surface area contributed by atoms with Crippen LogP contribution in [0.4, 0.5) is 17.1 Å². The first-order valence-electron chi connectivity index (χ1n) is 7.02. The molecule has 0 spiro atoms.